The van der Waals surface area contributed by atoms with E-state index < -0.39 is 10.0 Å². The third-order valence-corrected chi connectivity index (χ3v) is 4.44. The molecule has 5 heteroatoms. The van der Waals surface area contributed by atoms with Crippen LogP contribution >= 0.6 is 0 Å². The van der Waals surface area contributed by atoms with Gasteiger partial charge in [-0.3, -0.25) is 0 Å². The molecular formula is C16H20N2O2S. The maximum Gasteiger partial charge on any atom is 0.238 e. The van der Waals surface area contributed by atoms with Gasteiger partial charge < -0.3 is 5.32 Å². The maximum absolute atomic E-state index is 11.2. The number of primary sulfonamides is 1. The topological polar surface area (TPSA) is 72.2 Å². The highest BCUT2D eigenvalue weighted by Gasteiger charge is 2.12. The molecule has 0 bridgehead atoms. The van der Waals surface area contributed by atoms with Gasteiger partial charge in [-0.15, -0.1) is 0 Å². The zero-order chi connectivity index (χ0) is 15.5. The zero-order valence-electron chi connectivity index (χ0n) is 12.2. The number of benzene rings is 2. The summed E-state index contributed by atoms with van der Waals surface area (Å²) >= 11 is 0. The Morgan fingerprint density at radius 3 is 1.81 bits per heavy atom. The number of hydrogen-bond donors (Lipinski definition) is 2. The van der Waals surface area contributed by atoms with Crippen molar-refractivity contribution in [3.63, 3.8) is 0 Å². The van der Waals surface area contributed by atoms with E-state index in [1.807, 2.05) is 25.1 Å². The number of nitrogens with two attached hydrogens (primary N) is 1. The van der Waals surface area contributed by atoms with Gasteiger partial charge in [-0.25, -0.2) is 13.6 Å². The largest absolute Gasteiger partial charge is 0.304 e. The molecule has 3 N–H and O–H groups in total. The number of sulfonamides is 1. The molecule has 2 unspecified atom stereocenters. The summed E-state index contributed by atoms with van der Waals surface area (Å²) in [6.45, 7) is 4.15. The molecule has 0 amide bonds. The van der Waals surface area contributed by atoms with Crippen molar-refractivity contribution in [1.82, 2.24) is 5.32 Å². The molecule has 0 heterocycles. The molecule has 2 aromatic carbocycles. The van der Waals surface area contributed by atoms with Crippen molar-refractivity contribution in [1.29, 1.82) is 0 Å². The van der Waals surface area contributed by atoms with E-state index in [-0.39, 0.29) is 17.0 Å². The Labute approximate surface area is 126 Å². The van der Waals surface area contributed by atoms with Crippen LogP contribution in [0.15, 0.2) is 59.5 Å². The van der Waals surface area contributed by atoms with Gasteiger partial charge in [0.1, 0.15) is 0 Å². The van der Waals surface area contributed by atoms with Gasteiger partial charge in [0.25, 0.3) is 0 Å². The summed E-state index contributed by atoms with van der Waals surface area (Å²) in [5, 5.41) is 8.59. The van der Waals surface area contributed by atoms with Gasteiger partial charge in [0.2, 0.25) is 10.0 Å². The summed E-state index contributed by atoms with van der Waals surface area (Å²) in [5.41, 5.74) is 2.23. The van der Waals surface area contributed by atoms with Gasteiger partial charge in [0.05, 0.1) is 4.90 Å². The highest BCUT2D eigenvalue weighted by Crippen LogP contribution is 2.20. The van der Waals surface area contributed by atoms with E-state index in [0.717, 1.165) is 5.56 Å². The summed E-state index contributed by atoms with van der Waals surface area (Å²) < 4.78 is 22.5. The average molecular weight is 304 g/mol. The van der Waals surface area contributed by atoms with Crippen molar-refractivity contribution < 1.29 is 8.42 Å². The van der Waals surface area contributed by atoms with Crippen LogP contribution in [0.3, 0.4) is 0 Å². The Morgan fingerprint density at radius 1 is 0.857 bits per heavy atom. The number of nitrogens with one attached hydrogen (secondary N) is 1. The smallest absolute Gasteiger partial charge is 0.238 e. The minimum atomic E-state index is -3.63. The second kappa shape index (κ2) is 6.39. The third-order valence-electron chi connectivity index (χ3n) is 3.51. The molecule has 0 fully saturated rings. The molecule has 0 aliphatic rings. The molecule has 4 nitrogen and oxygen atoms in total. The Balaban J connectivity index is 2.08. The quantitative estimate of drug-likeness (QED) is 0.892. The fraction of sp³-hybridized carbons (Fsp3) is 0.250. The van der Waals surface area contributed by atoms with E-state index >= 15 is 0 Å². The van der Waals surface area contributed by atoms with Crippen molar-refractivity contribution >= 4 is 10.0 Å². The van der Waals surface area contributed by atoms with Gasteiger partial charge in [0, 0.05) is 12.1 Å². The molecule has 0 saturated heterocycles. The molecule has 0 aliphatic heterocycles. The van der Waals surface area contributed by atoms with Gasteiger partial charge in [0.15, 0.2) is 0 Å². The standard InChI is InChI=1S/C16H20N2O2S/c1-12(14-6-4-3-5-7-14)18-13(2)15-8-10-16(11-9-15)21(17,19)20/h3-13,18H,1-2H3,(H2,17,19,20). The Bertz CT molecular complexity index is 682. The lowest BCUT2D eigenvalue weighted by Crippen LogP contribution is -2.22. The SMILES string of the molecule is CC(NC(C)c1ccc(S(N)(=O)=O)cc1)c1ccccc1. The molecule has 0 aromatic heterocycles. The van der Waals surface area contributed by atoms with E-state index in [2.05, 4.69) is 24.4 Å². The average Bonchev–Trinajstić information content (AvgIpc) is 2.47. The maximum atomic E-state index is 11.2. The second-order valence-corrected chi connectivity index (χ2v) is 6.70. The van der Waals surface area contributed by atoms with E-state index in [9.17, 15) is 8.42 Å². The molecule has 2 rings (SSSR count). The van der Waals surface area contributed by atoms with Crippen LogP contribution in [0.1, 0.15) is 37.1 Å². The minimum absolute atomic E-state index is 0.106. The predicted molar refractivity (Wildman–Crippen MR) is 84.2 cm³/mol. The molecular weight excluding hydrogens is 284 g/mol. The summed E-state index contributed by atoms with van der Waals surface area (Å²) in [4.78, 5) is 0.134. The fourth-order valence-corrected chi connectivity index (χ4v) is 2.77. The Hall–Kier alpha value is -1.69. The highest BCUT2D eigenvalue weighted by molar-refractivity contribution is 7.89. The Morgan fingerprint density at radius 2 is 1.33 bits per heavy atom. The van der Waals surface area contributed by atoms with Crippen LogP contribution in [0.2, 0.25) is 0 Å². The van der Waals surface area contributed by atoms with Crippen LogP contribution in [-0.2, 0) is 10.0 Å². The summed E-state index contributed by atoms with van der Waals surface area (Å²) in [6.07, 6.45) is 0. The molecule has 2 aromatic rings. The first-order chi connectivity index (χ1) is 9.88. The van der Waals surface area contributed by atoms with Crippen molar-refractivity contribution in [2.24, 2.45) is 5.14 Å². The monoisotopic (exact) mass is 304 g/mol. The molecule has 0 radical (unpaired) electrons. The van der Waals surface area contributed by atoms with Crippen molar-refractivity contribution in [2.75, 3.05) is 0 Å². The Kier molecular flexibility index (Phi) is 4.77. The van der Waals surface area contributed by atoms with Crippen LogP contribution in [-0.4, -0.2) is 8.42 Å². The van der Waals surface area contributed by atoms with Gasteiger partial charge in [-0.1, -0.05) is 42.5 Å². The van der Waals surface area contributed by atoms with E-state index in [0.29, 0.717) is 0 Å². The second-order valence-electron chi connectivity index (χ2n) is 5.13. The number of rotatable bonds is 5. The van der Waals surface area contributed by atoms with Crippen molar-refractivity contribution in [3.05, 3.63) is 65.7 Å². The van der Waals surface area contributed by atoms with Gasteiger partial charge >= 0.3 is 0 Å². The first-order valence-electron chi connectivity index (χ1n) is 6.81. The molecule has 2 atom stereocenters. The lowest BCUT2D eigenvalue weighted by Gasteiger charge is -2.21. The summed E-state index contributed by atoms with van der Waals surface area (Å²) in [6, 6.07) is 17.1. The molecule has 0 saturated carbocycles. The number of hydrogen-bond acceptors (Lipinski definition) is 3. The first-order valence-corrected chi connectivity index (χ1v) is 8.36. The van der Waals surface area contributed by atoms with Crippen molar-refractivity contribution in [2.45, 2.75) is 30.8 Å². The summed E-state index contributed by atoms with van der Waals surface area (Å²) in [7, 11) is -3.63. The van der Waals surface area contributed by atoms with E-state index in [1.54, 1.807) is 12.1 Å². The van der Waals surface area contributed by atoms with Crippen LogP contribution in [0, 0.1) is 0 Å². The molecule has 21 heavy (non-hydrogen) atoms. The van der Waals surface area contributed by atoms with Gasteiger partial charge in [-0.05, 0) is 37.1 Å². The zero-order valence-corrected chi connectivity index (χ0v) is 13.0. The molecule has 0 spiro atoms. The molecule has 112 valence electrons. The lowest BCUT2D eigenvalue weighted by molar-refractivity contribution is 0.494. The first kappa shape index (κ1) is 15.7. The predicted octanol–water partition coefficient (Wildman–Crippen LogP) is 2.75. The van der Waals surface area contributed by atoms with E-state index in [1.165, 1.54) is 17.7 Å². The summed E-state index contributed by atoms with van der Waals surface area (Å²) in [5.74, 6) is 0. The fourth-order valence-electron chi connectivity index (χ4n) is 2.26. The highest BCUT2D eigenvalue weighted by atomic mass is 32.2. The van der Waals surface area contributed by atoms with Crippen LogP contribution in [0.25, 0.3) is 0 Å². The van der Waals surface area contributed by atoms with Crippen LogP contribution < -0.4 is 10.5 Å². The molecule has 0 aliphatic carbocycles. The van der Waals surface area contributed by atoms with Gasteiger partial charge in [-0.2, -0.15) is 0 Å². The third kappa shape index (κ3) is 4.14. The van der Waals surface area contributed by atoms with Crippen molar-refractivity contribution in [3.8, 4) is 0 Å². The van der Waals surface area contributed by atoms with E-state index in [4.69, 9.17) is 5.14 Å². The van der Waals surface area contributed by atoms with Crippen LogP contribution in [0.4, 0.5) is 0 Å². The normalized spacial score (nSPS) is 14.6. The van der Waals surface area contributed by atoms with Crippen LogP contribution in [0.5, 0.6) is 0 Å². The minimum Gasteiger partial charge on any atom is -0.304 e. The lowest BCUT2D eigenvalue weighted by atomic mass is 10.0.